The van der Waals surface area contributed by atoms with Crippen molar-refractivity contribution in [2.24, 2.45) is 0 Å². The van der Waals surface area contributed by atoms with Crippen LogP contribution in [-0.4, -0.2) is 47.4 Å². The zero-order chi connectivity index (χ0) is 18.1. The van der Waals surface area contributed by atoms with E-state index in [2.05, 4.69) is 17.0 Å². The number of benzene rings is 2. The third-order valence-electron chi connectivity index (χ3n) is 5.56. The summed E-state index contributed by atoms with van der Waals surface area (Å²) in [5.41, 5.74) is 1.32. The molecule has 2 aliphatic rings. The Morgan fingerprint density at radius 3 is 2.08 bits per heavy atom. The average molecular weight is 349 g/mol. The normalized spacial score (nSPS) is 20.2. The van der Waals surface area contributed by atoms with Crippen molar-refractivity contribution < 1.29 is 9.59 Å². The number of carbonyl (C=O) groups is 2. The molecule has 1 spiro atoms. The van der Waals surface area contributed by atoms with Gasteiger partial charge in [0.2, 0.25) is 0 Å². The molecule has 2 fully saturated rings. The van der Waals surface area contributed by atoms with Gasteiger partial charge in [-0.3, -0.25) is 19.5 Å². The van der Waals surface area contributed by atoms with E-state index in [0.717, 1.165) is 25.3 Å². The Kier molecular flexibility index (Phi) is 4.24. The molecule has 2 aromatic rings. The molecular weight excluding hydrogens is 326 g/mol. The third kappa shape index (κ3) is 2.69. The van der Waals surface area contributed by atoms with E-state index in [4.69, 9.17) is 0 Å². The Labute approximate surface area is 153 Å². The third-order valence-corrected chi connectivity index (χ3v) is 5.56. The van der Waals surface area contributed by atoms with Crippen molar-refractivity contribution in [1.29, 1.82) is 0 Å². The monoisotopic (exact) mass is 349 g/mol. The number of piperidine rings is 1. The maximum atomic E-state index is 13.0. The van der Waals surface area contributed by atoms with Gasteiger partial charge in [-0.25, -0.2) is 4.79 Å². The van der Waals surface area contributed by atoms with E-state index in [0.29, 0.717) is 12.8 Å². The summed E-state index contributed by atoms with van der Waals surface area (Å²) in [5, 5.41) is 0. The SMILES string of the molecule is CN1C(=O)N(c2ccccc2)C2(CCN(Cc3ccccc3)CC2)C1=O. The van der Waals surface area contributed by atoms with Crippen molar-refractivity contribution in [1.82, 2.24) is 9.80 Å². The summed E-state index contributed by atoms with van der Waals surface area (Å²) < 4.78 is 0. The van der Waals surface area contributed by atoms with Crippen LogP contribution in [0.2, 0.25) is 0 Å². The van der Waals surface area contributed by atoms with Gasteiger partial charge < -0.3 is 0 Å². The summed E-state index contributed by atoms with van der Waals surface area (Å²) in [5.74, 6) is -0.0780. The fourth-order valence-electron chi connectivity index (χ4n) is 4.12. The van der Waals surface area contributed by atoms with E-state index in [1.54, 1.807) is 11.9 Å². The molecule has 0 unspecified atom stereocenters. The fourth-order valence-corrected chi connectivity index (χ4v) is 4.12. The van der Waals surface area contributed by atoms with Crippen LogP contribution in [0.3, 0.4) is 0 Å². The number of hydrogen-bond donors (Lipinski definition) is 0. The largest absolute Gasteiger partial charge is 0.331 e. The van der Waals surface area contributed by atoms with Crippen LogP contribution in [0.1, 0.15) is 18.4 Å². The maximum Gasteiger partial charge on any atom is 0.331 e. The van der Waals surface area contributed by atoms with Crippen LogP contribution < -0.4 is 4.90 Å². The zero-order valence-corrected chi connectivity index (χ0v) is 15.0. The molecule has 0 atom stereocenters. The summed E-state index contributed by atoms with van der Waals surface area (Å²) in [6, 6.07) is 19.7. The van der Waals surface area contributed by atoms with Crippen molar-refractivity contribution in [3.05, 3.63) is 66.2 Å². The van der Waals surface area contributed by atoms with Gasteiger partial charge in [-0.1, -0.05) is 48.5 Å². The lowest BCUT2D eigenvalue weighted by Gasteiger charge is -2.42. The van der Waals surface area contributed by atoms with Gasteiger partial charge in [-0.05, 0) is 30.5 Å². The maximum absolute atomic E-state index is 13.0. The molecule has 3 amide bonds. The Hall–Kier alpha value is -2.66. The van der Waals surface area contributed by atoms with Crippen molar-refractivity contribution in [2.75, 3.05) is 25.0 Å². The number of likely N-dealkylation sites (tertiary alicyclic amines) is 1. The summed E-state index contributed by atoms with van der Waals surface area (Å²) in [6.45, 7) is 2.47. The second-order valence-electron chi connectivity index (χ2n) is 7.11. The van der Waals surface area contributed by atoms with Crippen LogP contribution >= 0.6 is 0 Å². The van der Waals surface area contributed by atoms with Gasteiger partial charge in [0.05, 0.1) is 0 Å². The molecule has 0 N–H and O–H groups in total. The minimum Gasteiger partial charge on any atom is -0.299 e. The molecular formula is C21H23N3O2. The molecule has 134 valence electrons. The highest BCUT2D eigenvalue weighted by molar-refractivity contribution is 6.16. The zero-order valence-electron chi connectivity index (χ0n) is 15.0. The van der Waals surface area contributed by atoms with Crippen molar-refractivity contribution >= 4 is 17.6 Å². The van der Waals surface area contributed by atoms with Gasteiger partial charge in [0.15, 0.2) is 0 Å². The minimum absolute atomic E-state index is 0.0780. The molecule has 0 saturated carbocycles. The van der Waals surface area contributed by atoms with Gasteiger partial charge >= 0.3 is 6.03 Å². The van der Waals surface area contributed by atoms with E-state index in [1.807, 2.05) is 48.5 Å². The van der Waals surface area contributed by atoms with Crippen LogP contribution in [0.15, 0.2) is 60.7 Å². The van der Waals surface area contributed by atoms with Crippen molar-refractivity contribution in [2.45, 2.75) is 24.9 Å². The molecule has 26 heavy (non-hydrogen) atoms. The second-order valence-corrected chi connectivity index (χ2v) is 7.11. The number of carbonyl (C=O) groups excluding carboxylic acids is 2. The molecule has 0 aromatic heterocycles. The van der Waals surface area contributed by atoms with E-state index in [-0.39, 0.29) is 11.9 Å². The van der Waals surface area contributed by atoms with Gasteiger partial charge in [0.25, 0.3) is 5.91 Å². The average Bonchev–Trinajstić information content (AvgIpc) is 2.86. The first-order chi connectivity index (χ1) is 12.6. The number of hydrogen-bond acceptors (Lipinski definition) is 3. The number of likely N-dealkylation sites (N-methyl/N-ethyl adjacent to an activating group) is 1. The van der Waals surface area contributed by atoms with Gasteiger partial charge in [-0.15, -0.1) is 0 Å². The first-order valence-electron chi connectivity index (χ1n) is 9.05. The Morgan fingerprint density at radius 2 is 1.46 bits per heavy atom. The number of nitrogens with zero attached hydrogens (tertiary/aromatic N) is 3. The molecule has 5 nitrogen and oxygen atoms in total. The second kappa shape index (κ2) is 6.57. The highest BCUT2D eigenvalue weighted by Gasteiger charge is 2.57. The highest BCUT2D eigenvalue weighted by Crippen LogP contribution is 2.40. The predicted octanol–water partition coefficient (Wildman–Crippen LogP) is 3.12. The van der Waals surface area contributed by atoms with Gasteiger partial charge in [0, 0.05) is 32.4 Å². The smallest absolute Gasteiger partial charge is 0.299 e. The Bertz CT molecular complexity index is 799. The number of imide groups is 1. The van der Waals surface area contributed by atoms with E-state index in [9.17, 15) is 9.59 Å². The summed E-state index contributed by atoms with van der Waals surface area (Å²) in [4.78, 5) is 31.1. The fraction of sp³-hybridized carbons (Fsp3) is 0.333. The van der Waals surface area contributed by atoms with Gasteiger partial charge in [0.1, 0.15) is 5.54 Å². The lowest BCUT2D eigenvalue weighted by Crippen LogP contribution is -2.56. The molecule has 0 radical (unpaired) electrons. The number of anilines is 1. The lowest BCUT2D eigenvalue weighted by molar-refractivity contribution is -0.131. The topological polar surface area (TPSA) is 43.9 Å². The molecule has 2 aliphatic heterocycles. The van der Waals surface area contributed by atoms with Crippen LogP contribution in [0.5, 0.6) is 0 Å². The molecule has 4 rings (SSSR count). The van der Waals surface area contributed by atoms with Crippen LogP contribution in [0.4, 0.5) is 10.5 Å². The first kappa shape index (κ1) is 16.8. The quantitative estimate of drug-likeness (QED) is 0.800. The van der Waals surface area contributed by atoms with Crippen LogP contribution in [0.25, 0.3) is 0 Å². The molecule has 2 saturated heterocycles. The Balaban J connectivity index is 1.57. The number of amides is 3. The molecule has 0 aliphatic carbocycles. The van der Waals surface area contributed by atoms with Crippen LogP contribution in [0, 0.1) is 0 Å². The molecule has 2 heterocycles. The highest BCUT2D eigenvalue weighted by atomic mass is 16.2. The molecule has 0 bridgehead atoms. The first-order valence-corrected chi connectivity index (χ1v) is 9.05. The van der Waals surface area contributed by atoms with Crippen molar-refractivity contribution in [3.63, 3.8) is 0 Å². The molecule has 2 aromatic carbocycles. The number of para-hydroxylation sites is 1. The minimum atomic E-state index is -0.750. The van der Waals surface area contributed by atoms with Crippen LogP contribution in [-0.2, 0) is 11.3 Å². The lowest BCUT2D eigenvalue weighted by atomic mass is 9.85. The predicted molar refractivity (Wildman–Crippen MR) is 101 cm³/mol. The Morgan fingerprint density at radius 1 is 0.885 bits per heavy atom. The van der Waals surface area contributed by atoms with E-state index >= 15 is 0 Å². The summed E-state index contributed by atoms with van der Waals surface area (Å²) in [7, 11) is 1.59. The standard InChI is InChI=1S/C21H23N3O2/c1-22-19(25)21(24(20(22)26)18-10-6-3-7-11-18)12-14-23(15-13-21)16-17-8-4-2-5-9-17/h2-11H,12-16H2,1H3. The summed E-state index contributed by atoms with van der Waals surface area (Å²) in [6.07, 6.45) is 1.31. The summed E-state index contributed by atoms with van der Waals surface area (Å²) >= 11 is 0. The van der Waals surface area contributed by atoms with E-state index in [1.165, 1.54) is 10.5 Å². The van der Waals surface area contributed by atoms with Gasteiger partial charge in [-0.2, -0.15) is 0 Å². The number of rotatable bonds is 3. The number of urea groups is 1. The molecule has 5 heteroatoms. The van der Waals surface area contributed by atoms with Crippen molar-refractivity contribution in [3.8, 4) is 0 Å². The van der Waals surface area contributed by atoms with E-state index < -0.39 is 5.54 Å².